The van der Waals surface area contributed by atoms with Gasteiger partial charge in [0, 0.05) is 0 Å². The molecule has 0 unspecified atom stereocenters. The number of ether oxygens (including phenoxy) is 15. The molecule has 0 saturated carbocycles. The van der Waals surface area contributed by atoms with Gasteiger partial charge in [0.05, 0.1) is 78.2 Å². The molecule has 3 saturated heterocycles. The highest BCUT2D eigenvalue weighted by Crippen LogP contribution is 2.44. The van der Waals surface area contributed by atoms with Crippen LogP contribution in [0.3, 0.4) is 0 Å². The van der Waals surface area contributed by atoms with E-state index in [1.54, 1.807) is 24.3 Å². The lowest BCUT2D eigenvalue weighted by Crippen LogP contribution is -2.66. The van der Waals surface area contributed by atoms with Crippen molar-refractivity contribution >= 4 is 17.7 Å². The first kappa shape index (κ1) is 83.9. The molecule has 3 aliphatic rings. The molecule has 0 spiro atoms. The quantitative estimate of drug-likeness (QED) is 0.0264. The Balaban J connectivity index is 0.857. The Morgan fingerprint density at radius 1 is 0.286 bits per heavy atom. The van der Waals surface area contributed by atoms with Gasteiger partial charge in [0.15, 0.2) is 18.7 Å². The van der Waals surface area contributed by atoms with Gasteiger partial charge in [-0.05, 0) is 79.1 Å². The minimum absolute atomic E-state index is 0.0324. The molecular weight excluding hydrogens is 1510 g/mol. The fourth-order valence-electron chi connectivity index (χ4n) is 15.5. The maximum absolute atomic E-state index is 15.3. The summed E-state index contributed by atoms with van der Waals surface area (Å²) in [5, 5.41) is 0. The molecule has 612 valence electrons. The van der Waals surface area contributed by atoms with Crippen molar-refractivity contribution in [3.63, 3.8) is 0 Å². The topological polar surface area (TPSA) is 156 Å². The lowest BCUT2D eigenvalue weighted by Gasteiger charge is -2.50. The van der Waals surface area contributed by atoms with Crippen LogP contribution in [0.2, 0.25) is 0 Å². The lowest BCUT2D eigenvalue weighted by molar-refractivity contribution is -0.361. The fourth-order valence-corrected chi connectivity index (χ4v) is 16.5. The summed E-state index contributed by atoms with van der Waals surface area (Å²) in [7, 11) is 0. The summed E-state index contributed by atoms with van der Waals surface area (Å²) >= 11 is 1.46. The molecule has 0 aromatic heterocycles. The number of esters is 1. The summed E-state index contributed by atoms with van der Waals surface area (Å²) in [5.41, 5.74) is 8.21. The van der Waals surface area contributed by atoms with Crippen LogP contribution < -0.4 is 0 Å². The Bertz CT molecular complexity index is 4760. The van der Waals surface area contributed by atoms with Gasteiger partial charge < -0.3 is 71.1 Å². The summed E-state index contributed by atoms with van der Waals surface area (Å²) < 4.78 is 111. The number of hydrogen-bond donors (Lipinski definition) is 0. The molecular formula is C102H102O16S. The van der Waals surface area contributed by atoms with E-state index in [2.05, 4.69) is 36.4 Å². The Kier molecular flexibility index (Phi) is 30.9. The third kappa shape index (κ3) is 22.7. The summed E-state index contributed by atoms with van der Waals surface area (Å²) in [6.45, 7) is 3.06. The molecule has 15 rings (SSSR count). The molecule has 119 heavy (non-hydrogen) atoms. The second kappa shape index (κ2) is 43.7. The Labute approximate surface area is 702 Å². The summed E-state index contributed by atoms with van der Waals surface area (Å²) in [4.78, 5) is 15.3. The van der Waals surface area contributed by atoms with Crippen LogP contribution in [0.1, 0.15) is 78.5 Å². The number of hydrogen-bond acceptors (Lipinski definition) is 17. The van der Waals surface area contributed by atoms with Crippen molar-refractivity contribution in [1.29, 1.82) is 0 Å². The third-order valence-electron chi connectivity index (χ3n) is 21.5. The molecule has 3 fully saturated rings. The molecule has 12 aromatic carbocycles. The SMILES string of the molecule is CCS[C@@H]1O[C@H](CO[C@@H]2O[C@H](COC(c3ccccc3)(c3ccccc3)c3ccccc3)[C@@H](OCc3ccccc3)[C@H](OCc3ccccc3)[C@H]2OCc2ccccc2)[C@@H](OCc2ccccc2)[C@H](O[C@@H]2O[C@H](COCc3ccccc3)[C@@H](OCc3ccccc3)[C@H](OCc3ccccc3)[C@H]2OCc2ccccc2)[C@H]1OC(=O)c1ccccc1. The van der Waals surface area contributed by atoms with Crippen LogP contribution in [-0.2, 0) is 130 Å². The van der Waals surface area contributed by atoms with E-state index in [9.17, 15) is 0 Å². The minimum Gasteiger partial charge on any atom is -0.452 e. The van der Waals surface area contributed by atoms with Crippen molar-refractivity contribution < 1.29 is 75.8 Å². The second-order valence-electron chi connectivity index (χ2n) is 29.7. The smallest absolute Gasteiger partial charge is 0.338 e. The van der Waals surface area contributed by atoms with E-state index < -0.39 is 103 Å². The Morgan fingerprint density at radius 2 is 0.571 bits per heavy atom. The van der Waals surface area contributed by atoms with Gasteiger partial charge in [-0.1, -0.05) is 359 Å². The molecule has 0 bridgehead atoms. The monoisotopic (exact) mass is 1610 g/mol. The summed E-state index contributed by atoms with van der Waals surface area (Å²) in [5.74, 6) is -0.0923. The van der Waals surface area contributed by atoms with E-state index in [0.717, 1.165) is 61.2 Å². The van der Waals surface area contributed by atoms with Gasteiger partial charge >= 0.3 is 5.97 Å². The highest BCUT2D eigenvalue weighted by molar-refractivity contribution is 7.99. The molecule has 3 aliphatic heterocycles. The molecule has 3 heterocycles. The van der Waals surface area contributed by atoms with E-state index >= 15 is 4.79 Å². The Hall–Kier alpha value is -10.1. The first-order valence-electron chi connectivity index (χ1n) is 41.0. The molecule has 16 nitrogen and oxygen atoms in total. The van der Waals surface area contributed by atoms with E-state index in [0.29, 0.717) is 11.3 Å². The molecule has 0 N–H and O–H groups in total. The van der Waals surface area contributed by atoms with E-state index in [1.165, 1.54) is 11.8 Å². The second-order valence-corrected chi connectivity index (χ2v) is 31.0. The van der Waals surface area contributed by atoms with Crippen LogP contribution in [-0.4, -0.2) is 123 Å². The fraction of sp³-hybridized carbons (Fsp3) is 0.284. The van der Waals surface area contributed by atoms with Crippen molar-refractivity contribution in [2.24, 2.45) is 0 Å². The van der Waals surface area contributed by atoms with Crippen molar-refractivity contribution in [2.75, 3.05) is 25.6 Å². The molecule has 0 radical (unpaired) electrons. The summed E-state index contributed by atoms with van der Waals surface area (Å²) in [6.07, 6.45) is -14.6. The molecule has 0 aliphatic carbocycles. The van der Waals surface area contributed by atoms with Gasteiger partial charge in [0.2, 0.25) is 0 Å². The van der Waals surface area contributed by atoms with Crippen molar-refractivity contribution in [1.82, 2.24) is 0 Å². The highest BCUT2D eigenvalue weighted by Gasteiger charge is 2.57. The van der Waals surface area contributed by atoms with E-state index in [1.807, 2.05) is 310 Å². The van der Waals surface area contributed by atoms with Crippen molar-refractivity contribution in [3.8, 4) is 0 Å². The van der Waals surface area contributed by atoms with E-state index in [-0.39, 0.29) is 72.7 Å². The molecule has 12 aromatic rings. The maximum atomic E-state index is 15.3. The number of rotatable bonds is 40. The predicted octanol–water partition coefficient (Wildman–Crippen LogP) is 18.9. The zero-order valence-electron chi connectivity index (χ0n) is 66.7. The Morgan fingerprint density at radius 3 is 0.933 bits per heavy atom. The highest BCUT2D eigenvalue weighted by atomic mass is 32.2. The van der Waals surface area contributed by atoms with Crippen LogP contribution in [0.4, 0.5) is 0 Å². The van der Waals surface area contributed by atoms with Gasteiger partial charge in [-0.2, -0.15) is 0 Å². The van der Waals surface area contributed by atoms with Gasteiger partial charge in [-0.3, -0.25) is 0 Å². The van der Waals surface area contributed by atoms with Gasteiger partial charge in [-0.15, -0.1) is 11.8 Å². The van der Waals surface area contributed by atoms with Gasteiger partial charge in [0.25, 0.3) is 0 Å². The van der Waals surface area contributed by atoms with E-state index in [4.69, 9.17) is 71.1 Å². The van der Waals surface area contributed by atoms with Crippen LogP contribution in [0, 0.1) is 0 Å². The zero-order chi connectivity index (χ0) is 80.9. The third-order valence-corrected chi connectivity index (χ3v) is 22.5. The molecule has 0 amide bonds. The maximum Gasteiger partial charge on any atom is 0.338 e. The standard InChI is InChI=1S/C102H102O16S/c1-2-119-101-97(117-98(103)82-55-31-11-32-56-82)94(118-100-96(111-70-81-53-29-10-30-54-81)93(109-68-79-49-25-8-26-50-79)89(105-64-75-41-17-4-18-42-75)86(115-100)71-104-63-74-39-15-3-16-40-74)91(107-66-77-45-21-6-22-46-77)87(116-101)72-112-99-95(110-69-80-51-27-9-28-52-80)92(108-67-78-47-23-7-24-48-78)90(106-65-76-43-19-5-20-44-76)88(114-99)73-113-102(83-57-33-12-34-58-83,84-59-35-13-36-60-84)85-61-37-14-38-62-85/h3-62,86-97,99-101H,2,63-73H2,1H3/t86-,87-,88-,89-,90-,91-,92+,93+,94+,95-,96-,97-,99-,100+,101+/m1/s1. The lowest BCUT2D eigenvalue weighted by atomic mass is 9.80. The number of thioether (sulfide) groups is 1. The minimum atomic E-state index is -1.33. The zero-order valence-corrected chi connectivity index (χ0v) is 67.5. The first-order valence-corrected chi connectivity index (χ1v) is 42.1. The van der Waals surface area contributed by atoms with Crippen LogP contribution in [0.5, 0.6) is 0 Å². The predicted molar refractivity (Wildman–Crippen MR) is 457 cm³/mol. The van der Waals surface area contributed by atoms with Crippen molar-refractivity contribution in [3.05, 3.63) is 431 Å². The average Bonchev–Trinajstić information content (AvgIpc) is 0.756. The largest absolute Gasteiger partial charge is 0.452 e. The number of carbonyl (C=O) groups is 1. The average molecular weight is 1620 g/mol. The van der Waals surface area contributed by atoms with Crippen molar-refractivity contribution in [2.45, 2.75) is 157 Å². The molecule has 15 atom stereocenters. The number of carbonyl (C=O) groups excluding carboxylic acids is 1. The summed E-state index contributed by atoms with van der Waals surface area (Å²) in [6, 6.07) is 120. The van der Waals surface area contributed by atoms with Crippen LogP contribution >= 0.6 is 11.8 Å². The van der Waals surface area contributed by atoms with Crippen LogP contribution in [0.15, 0.2) is 364 Å². The number of benzene rings is 12. The van der Waals surface area contributed by atoms with Gasteiger partial charge in [-0.25, -0.2) is 4.79 Å². The van der Waals surface area contributed by atoms with Gasteiger partial charge in [0.1, 0.15) is 78.2 Å². The first-order chi connectivity index (χ1) is 58.9. The normalized spacial score (nSPS) is 23.2. The molecule has 17 heteroatoms. The van der Waals surface area contributed by atoms with Crippen LogP contribution in [0.25, 0.3) is 0 Å².